The highest BCUT2D eigenvalue weighted by molar-refractivity contribution is 5.93. The molecule has 0 aliphatic heterocycles. The molecule has 106 valence electrons. The van der Waals surface area contributed by atoms with E-state index in [0.717, 1.165) is 29.5 Å². The molecule has 0 saturated heterocycles. The maximum Gasteiger partial charge on any atom is 0.338 e. The molecule has 0 spiro atoms. The Morgan fingerprint density at radius 3 is 2.70 bits per heavy atom. The van der Waals surface area contributed by atoms with E-state index in [4.69, 9.17) is 14.9 Å². The van der Waals surface area contributed by atoms with Crippen molar-refractivity contribution in [3.63, 3.8) is 0 Å². The van der Waals surface area contributed by atoms with Gasteiger partial charge < -0.3 is 14.9 Å². The maximum atomic E-state index is 11.5. The standard InChI is InChI=1S/C16H19NO3/c1-19-12-7-8-13-16(11(17)9-14(18)20-13)15(12)10-5-3-2-4-6-10/h7-10H,2-6,17H2,1H3. The lowest BCUT2D eigenvalue weighted by atomic mass is 9.82. The topological polar surface area (TPSA) is 65.5 Å². The van der Waals surface area contributed by atoms with E-state index in [-0.39, 0.29) is 0 Å². The Morgan fingerprint density at radius 1 is 1.25 bits per heavy atom. The molecule has 1 fully saturated rings. The zero-order valence-corrected chi connectivity index (χ0v) is 11.6. The summed E-state index contributed by atoms with van der Waals surface area (Å²) in [4.78, 5) is 11.5. The van der Waals surface area contributed by atoms with E-state index in [1.54, 1.807) is 13.2 Å². The summed E-state index contributed by atoms with van der Waals surface area (Å²) in [5.41, 5.74) is 7.80. The quantitative estimate of drug-likeness (QED) is 0.851. The van der Waals surface area contributed by atoms with Crippen molar-refractivity contribution in [2.24, 2.45) is 0 Å². The fourth-order valence-electron chi connectivity index (χ4n) is 3.27. The number of hydrogen-bond donors (Lipinski definition) is 1. The van der Waals surface area contributed by atoms with Gasteiger partial charge in [-0.25, -0.2) is 4.79 Å². The van der Waals surface area contributed by atoms with Crippen molar-refractivity contribution in [3.8, 4) is 5.75 Å². The van der Waals surface area contributed by atoms with Crippen LogP contribution in [-0.4, -0.2) is 7.11 Å². The number of nitrogens with two attached hydrogens (primary N) is 1. The molecule has 0 unspecified atom stereocenters. The summed E-state index contributed by atoms with van der Waals surface area (Å²) in [5, 5.41) is 0.843. The van der Waals surface area contributed by atoms with E-state index in [1.807, 2.05) is 6.07 Å². The van der Waals surface area contributed by atoms with E-state index in [0.29, 0.717) is 17.2 Å². The molecule has 1 heterocycles. The number of ether oxygens (including phenoxy) is 1. The van der Waals surface area contributed by atoms with Crippen LogP contribution in [0.4, 0.5) is 5.69 Å². The van der Waals surface area contributed by atoms with Crippen molar-refractivity contribution in [1.29, 1.82) is 0 Å². The van der Waals surface area contributed by atoms with Gasteiger partial charge in [-0.3, -0.25) is 0 Å². The number of methoxy groups -OCH3 is 1. The van der Waals surface area contributed by atoms with Crippen LogP contribution in [-0.2, 0) is 0 Å². The average molecular weight is 273 g/mol. The summed E-state index contributed by atoms with van der Waals surface area (Å²) in [6.07, 6.45) is 6.00. The third-order valence-corrected chi connectivity index (χ3v) is 4.17. The second kappa shape index (κ2) is 5.19. The highest BCUT2D eigenvalue weighted by Crippen LogP contribution is 2.42. The SMILES string of the molecule is COc1ccc2oc(=O)cc(N)c2c1C1CCCCC1. The van der Waals surface area contributed by atoms with Crippen LogP contribution >= 0.6 is 0 Å². The Labute approximate surface area is 117 Å². The van der Waals surface area contributed by atoms with Crippen molar-refractivity contribution in [3.05, 3.63) is 34.2 Å². The Bertz CT molecular complexity index is 684. The number of rotatable bonds is 2. The van der Waals surface area contributed by atoms with Gasteiger partial charge in [0.05, 0.1) is 12.8 Å². The first-order valence-corrected chi connectivity index (χ1v) is 7.11. The predicted octanol–water partition coefficient (Wildman–Crippen LogP) is 3.43. The molecule has 2 aromatic rings. The van der Waals surface area contributed by atoms with Gasteiger partial charge in [-0.15, -0.1) is 0 Å². The van der Waals surface area contributed by atoms with Crippen LogP contribution in [0.1, 0.15) is 43.6 Å². The second-order valence-electron chi connectivity index (χ2n) is 5.41. The summed E-state index contributed by atoms with van der Waals surface area (Å²) >= 11 is 0. The Balaban J connectivity index is 2.27. The Morgan fingerprint density at radius 2 is 2.00 bits per heavy atom. The first-order chi connectivity index (χ1) is 9.70. The highest BCUT2D eigenvalue weighted by Gasteiger charge is 2.23. The second-order valence-corrected chi connectivity index (χ2v) is 5.41. The predicted molar refractivity (Wildman–Crippen MR) is 79.3 cm³/mol. The molecule has 0 amide bonds. The third-order valence-electron chi connectivity index (χ3n) is 4.17. The van der Waals surface area contributed by atoms with Crippen molar-refractivity contribution in [2.75, 3.05) is 12.8 Å². The van der Waals surface area contributed by atoms with Crippen LogP contribution in [0, 0.1) is 0 Å². The van der Waals surface area contributed by atoms with Crippen molar-refractivity contribution < 1.29 is 9.15 Å². The first-order valence-electron chi connectivity index (χ1n) is 7.11. The minimum absolute atomic E-state index is 0.408. The van der Waals surface area contributed by atoms with Gasteiger partial charge in [0.2, 0.25) is 0 Å². The number of benzene rings is 1. The van der Waals surface area contributed by atoms with Crippen LogP contribution in [0.15, 0.2) is 27.4 Å². The largest absolute Gasteiger partial charge is 0.496 e. The molecular formula is C16H19NO3. The summed E-state index contributed by atoms with van der Waals surface area (Å²) in [7, 11) is 1.67. The number of nitrogen functional groups attached to an aromatic ring is 1. The first kappa shape index (κ1) is 13.0. The van der Waals surface area contributed by atoms with Gasteiger partial charge >= 0.3 is 5.63 Å². The minimum Gasteiger partial charge on any atom is -0.496 e. The van der Waals surface area contributed by atoms with Gasteiger partial charge in [0.25, 0.3) is 0 Å². The van der Waals surface area contributed by atoms with E-state index in [2.05, 4.69) is 0 Å². The zero-order valence-electron chi connectivity index (χ0n) is 11.6. The fourth-order valence-corrected chi connectivity index (χ4v) is 3.27. The van der Waals surface area contributed by atoms with E-state index in [1.165, 1.54) is 25.3 Å². The molecule has 3 rings (SSSR count). The van der Waals surface area contributed by atoms with Gasteiger partial charge in [-0.1, -0.05) is 19.3 Å². The van der Waals surface area contributed by atoms with Crippen LogP contribution in [0.3, 0.4) is 0 Å². The lowest BCUT2D eigenvalue weighted by Crippen LogP contribution is -2.09. The highest BCUT2D eigenvalue weighted by atomic mass is 16.5. The van der Waals surface area contributed by atoms with Crippen LogP contribution in [0.5, 0.6) is 5.75 Å². The molecule has 0 radical (unpaired) electrons. The number of hydrogen-bond acceptors (Lipinski definition) is 4. The minimum atomic E-state index is -0.408. The molecule has 20 heavy (non-hydrogen) atoms. The smallest absolute Gasteiger partial charge is 0.338 e. The molecule has 4 nitrogen and oxygen atoms in total. The summed E-state index contributed by atoms with van der Waals surface area (Å²) in [5.74, 6) is 1.27. The monoisotopic (exact) mass is 273 g/mol. The molecule has 1 aliphatic rings. The lowest BCUT2D eigenvalue weighted by molar-refractivity contribution is 0.388. The fraction of sp³-hybridized carbons (Fsp3) is 0.438. The molecular weight excluding hydrogens is 254 g/mol. The molecule has 1 aromatic heterocycles. The van der Waals surface area contributed by atoms with Crippen LogP contribution in [0.2, 0.25) is 0 Å². The van der Waals surface area contributed by atoms with Crippen molar-refractivity contribution >= 4 is 16.7 Å². The summed E-state index contributed by atoms with van der Waals surface area (Å²) < 4.78 is 10.8. The molecule has 4 heteroatoms. The molecule has 0 bridgehead atoms. The van der Waals surface area contributed by atoms with Gasteiger partial charge in [0.15, 0.2) is 0 Å². The van der Waals surface area contributed by atoms with Gasteiger partial charge in [-0.2, -0.15) is 0 Å². The van der Waals surface area contributed by atoms with Crippen molar-refractivity contribution in [2.45, 2.75) is 38.0 Å². The summed E-state index contributed by atoms with van der Waals surface area (Å²) in [6, 6.07) is 4.99. The zero-order chi connectivity index (χ0) is 14.1. The van der Waals surface area contributed by atoms with Crippen LogP contribution < -0.4 is 16.1 Å². The third kappa shape index (κ3) is 2.15. The molecule has 0 atom stereocenters. The van der Waals surface area contributed by atoms with Gasteiger partial charge in [-0.05, 0) is 30.9 Å². The van der Waals surface area contributed by atoms with Gasteiger partial charge in [0.1, 0.15) is 11.3 Å². The number of fused-ring (bicyclic) bond motifs is 1. The average Bonchev–Trinajstić information content (AvgIpc) is 2.46. The van der Waals surface area contributed by atoms with E-state index >= 15 is 0 Å². The van der Waals surface area contributed by atoms with Crippen molar-refractivity contribution in [1.82, 2.24) is 0 Å². The summed E-state index contributed by atoms with van der Waals surface area (Å²) in [6.45, 7) is 0. The van der Waals surface area contributed by atoms with E-state index in [9.17, 15) is 4.79 Å². The maximum absolute atomic E-state index is 11.5. The molecule has 2 N–H and O–H groups in total. The molecule has 1 aromatic carbocycles. The van der Waals surface area contributed by atoms with E-state index < -0.39 is 5.63 Å². The molecule has 1 saturated carbocycles. The Kier molecular flexibility index (Phi) is 3.38. The Hall–Kier alpha value is -1.97. The van der Waals surface area contributed by atoms with Crippen LogP contribution in [0.25, 0.3) is 11.0 Å². The van der Waals surface area contributed by atoms with Gasteiger partial charge in [0, 0.05) is 17.0 Å². The number of anilines is 1. The lowest BCUT2D eigenvalue weighted by Gasteiger charge is -2.25. The molecule has 1 aliphatic carbocycles. The normalized spacial score (nSPS) is 16.4.